The fourth-order valence-corrected chi connectivity index (χ4v) is 5.22. The highest BCUT2D eigenvalue weighted by molar-refractivity contribution is 7.89. The number of sulfonamides is 1. The van der Waals surface area contributed by atoms with Crippen LogP contribution in [0.4, 0.5) is 10.5 Å². The van der Waals surface area contributed by atoms with Gasteiger partial charge in [-0.05, 0) is 25.5 Å². The molecule has 2 saturated heterocycles. The number of carbonyl (C=O) groups is 3. The number of benzene rings is 1. The zero-order valence-corrected chi connectivity index (χ0v) is 19.8. The van der Waals surface area contributed by atoms with Crippen LogP contribution in [0.1, 0.15) is 20.3 Å². The number of imide groups is 1. The van der Waals surface area contributed by atoms with Crippen LogP contribution in [-0.4, -0.2) is 85.9 Å². The summed E-state index contributed by atoms with van der Waals surface area (Å²) in [6, 6.07) is 2.73. The van der Waals surface area contributed by atoms with Gasteiger partial charge in [0.1, 0.15) is 5.54 Å². The molecule has 15 heteroatoms. The van der Waals surface area contributed by atoms with E-state index in [4.69, 9.17) is 4.74 Å². The molecule has 2 aliphatic heterocycles. The van der Waals surface area contributed by atoms with E-state index in [9.17, 15) is 32.9 Å². The van der Waals surface area contributed by atoms with Crippen LogP contribution in [0.2, 0.25) is 0 Å². The van der Waals surface area contributed by atoms with Crippen molar-refractivity contribution in [3.05, 3.63) is 28.3 Å². The molecule has 0 bridgehead atoms. The van der Waals surface area contributed by atoms with Crippen LogP contribution in [0.25, 0.3) is 0 Å². The Morgan fingerprint density at radius 2 is 1.97 bits per heavy atom. The second-order valence-electron chi connectivity index (χ2n) is 8.21. The number of hydrogen-bond donors (Lipinski definition) is 3. The van der Waals surface area contributed by atoms with Gasteiger partial charge in [0.2, 0.25) is 10.0 Å². The van der Waals surface area contributed by atoms with Crippen molar-refractivity contribution in [2.75, 3.05) is 39.8 Å². The third-order valence-electron chi connectivity index (χ3n) is 6.03. The number of carbonyl (C=O) groups excluding carboxylic acids is 3. The van der Waals surface area contributed by atoms with Crippen LogP contribution < -0.4 is 20.4 Å². The Kier molecular flexibility index (Phi) is 7.09. The molecule has 3 rings (SSSR count). The number of quaternary nitrogens is 1. The first-order chi connectivity index (χ1) is 15.9. The molecule has 0 radical (unpaired) electrons. The second-order valence-corrected chi connectivity index (χ2v) is 10.2. The van der Waals surface area contributed by atoms with Crippen molar-refractivity contribution in [3.63, 3.8) is 0 Å². The Balaban J connectivity index is 1.59. The van der Waals surface area contributed by atoms with Crippen molar-refractivity contribution in [1.82, 2.24) is 20.1 Å². The summed E-state index contributed by atoms with van der Waals surface area (Å²) in [4.78, 5) is 47.9. The monoisotopic (exact) mass is 499 g/mol. The van der Waals surface area contributed by atoms with Crippen LogP contribution in [0.5, 0.6) is 5.75 Å². The predicted molar refractivity (Wildman–Crippen MR) is 116 cm³/mol. The van der Waals surface area contributed by atoms with E-state index in [-0.39, 0.29) is 43.4 Å². The number of piperazine rings is 1. The normalized spacial score (nSPS) is 21.9. The smallest absolute Gasteiger partial charge is 0.344 e. The van der Waals surface area contributed by atoms with E-state index in [2.05, 4.69) is 10.7 Å². The van der Waals surface area contributed by atoms with Crippen molar-refractivity contribution in [2.24, 2.45) is 0 Å². The molecule has 1 atom stereocenters. The van der Waals surface area contributed by atoms with Crippen molar-refractivity contribution in [2.45, 2.75) is 30.7 Å². The molecule has 2 heterocycles. The molecular weight excluding hydrogens is 472 g/mol. The summed E-state index contributed by atoms with van der Waals surface area (Å²) in [5, 5.41) is 14.4. The molecule has 0 saturated carbocycles. The number of nitrogens with one attached hydrogen (secondary N) is 3. The molecule has 4 amide bonds. The number of urea groups is 1. The maximum atomic E-state index is 13.0. The van der Waals surface area contributed by atoms with Crippen LogP contribution in [0, 0.1) is 10.1 Å². The van der Waals surface area contributed by atoms with Gasteiger partial charge in [0, 0.05) is 6.07 Å². The molecule has 1 aromatic carbocycles. The molecule has 186 valence electrons. The Hall–Kier alpha value is -3.30. The van der Waals surface area contributed by atoms with Crippen molar-refractivity contribution >= 4 is 33.6 Å². The molecular formula is C19H27N6O8S+. The summed E-state index contributed by atoms with van der Waals surface area (Å²) in [5.74, 6) is -1.15. The highest BCUT2D eigenvalue weighted by Gasteiger charge is 2.47. The number of hydrazine groups is 1. The first kappa shape index (κ1) is 25.3. The van der Waals surface area contributed by atoms with Crippen LogP contribution in [-0.2, 0) is 19.6 Å². The first-order valence-corrected chi connectivity index (χ1v) is 12.0. The van der Waals surface area contributed by atoms with E-state index in [0.717, 1.165) is 11.0 Å². The van der Waals surface area contributed by atoms with E-state index < -0.39 is 44.0 Å². The third-order valence-corrected chi connectivity index (χ3v) is 7.92. The number of amides is 4. The fourth-order valence-electron chi connectivity index (χ4n) is 3.76. The number of nitro benzene ring substituents is 1. The standard InChI is InChI=1S/C19H26N6O8S/c1-4-19(2)17(27)24(18(28)20-19)21-16(26)12-22-7-9-23(10-8-22)34(31,32)13-5-6-15(33-3)14(11-13)25(29)30/h5-6,11H,4,7-10,12H2,1-3H3,(H,20,28)(H,21,26)/p+1/t19-/m0/s1. The van der Waals surface area contributed by atoms with Gasteiger partial charge in [0.15, 0.2) is 12.3 Å². The predicted octanol–water partition coefficient (Wildman–Crippen LogP) is -1.76. The lowest BCUT2D eigenvalue weighted by molar-refractivity contribution is -0.895. The molecule has 34 heavy (non-hydrogen) atoms. The third kappa shape index (κ3) is 4.80. The van der Waals surface area contributed by atoms with E-state index in [1.807, 2.05) is 0 Å². The molecule has 1 aromatic rings. The molecule has 0 aromatic heterocycles. The summed E-state index contributed by atoms with van der Waals surface area (Å²) in [7, 11) is -2.74. The van der Waals surface area contributed by atoms with Gasteiger partial charge in [-0.15, -0.1) is 0 Å². The number of nitro groups is 1. The molecule has 0 unspecified atom stereocenters. The topological polar surface area (TPSA) is 173 Å². The van der Waals surface area contributed by atoms with Gasteiger partial charge in [0.05, 0.1) is 43.1 Å². The van der Waals surface area contributed by atoms with Gasteiger partial charge in [-0.1, -0.05) is 6.92 Å². The fraction of sp³-hybridized carbons (Fsp3) is 0.526. The van der Waals surface area contributed by atoms with Gasteiger partial charge in [-0.25, -0.2) is 13.2 Å². The minimum atomic E-state index is -3.99. The number of methoxy groups -OCH3 is 1. The molecule has 0 spiro atoms. The van der Waals surface area contributed by atoms with Crippen LogP contribution in [0.15, 0.2) is 23.1 Å². The molecule has 14 nitrogen and oxygen atoms in total. The zero-order chi connectivity index (χ0) is 25.3. The highest BCUT2D eigenvalue weighted by Crippen LogP contribution is 2.30. The summed E-state index contributed by atoms with van der Waals surface area (Å²) < 4.78 is 32.0. The summed E-state index contributed by atoms with van der Waals surface area (Å²) in [6.45, 7) is 3.99. The quantitative estimate of drug-likeness (QED) is 0.214. The van der Waals surface area contributed by atoms with E-state index in [1.54, 1.807) is 13.8 Å². The lowest BCUT2D eigenvalue weighted by Gasteiger charge is -2.31. The SMILES string of the molecule is CC[C@]1(C)NC(=O)N(NC(=O)C[NH+]2CCN(S(=O)(=O)c3ccc(OC)c([N+](=O)[O-])c3)CC2)C1=O. The molecule has 2 fully saturated rings. The van der Waals surface area contributed by atoms with E-state index in [0.29, 0.717) is 11.4 Å². The average molecular weight is 500 g/mol. The molecule has 3 N–H and O–H groups in total. The largest absolute Gasteiger partial charge is 0.490 e. The zero-order valence-electron chi connectivity index (χ0n) is 19.0. The summed E-state index contributed by atoms with van der Waals surface area (Å²) in [5.41, 5.74) is 0.784. The number of ether oxygens (including phenoxy) is 1. The van der Waals surface area contributed by atoms with Gasteiger partial charge in [-0.3, -0.25) is 25.1 Å². The minimum absolute atomic E-state index is 0.0476. The van der Waals surface area contributed by atoms with Crippen LogP contribution in [0.3, 0.4) is 0 Å². The van der Waals surface area contributed by atoms with Crippen LogP contribution >= 0.6 is 0 Å². The average Bonchev–Trinajstić information content (AvgIpc) is 3.02. The minimum Gasteiger partial charge on any atom is -0.490 e. The Morgan fingerprint density at radius 1 is 1.32 bits per heavy atom. The lowest BCUT2D eigenvalue weighted by Crippen LogP contribution is -3.16. The van der Waals surface area contributed by atoms with Gasteiger partial charge >= 0.3 is 11.7 Å². The Bertz CT molecular complexity index is 1120. The molecule has 0 aliphatic carbocycles. The van der Waals surface area contributed by atoms with Gasteiger partial charge in [0.25, 0.3) is 11.8 Å². The first-order valence-electron chi connectivity index (χ1n) is 10.5. The van der Waals surface area contributed by atoms with E-state index in [1.165, 1.54) is 23.5 Å². The lowest BCUT2D eigenvalue weighted by atomic mass is 10.00. The Labute approximate surface area is 196 Å². The summed E-state index contributed by atoms with van der Waals surface area (Å²) >= 11 is 0. The van der Waals surface area contributed by atoms with Crippen molar-refractivity contribution < 1.29 is 37.4 Å². The number of hydrogen-bond acceptors (Lipinski definition) is 8. The maximum absolute atomic E-state index is 13.0. The van der Waals surface area contributed by atoms with Crippen molar-refractivity contribution in [3.8, 4) is 5.75 Å². The Morgan fingerprint density at radius 3 is 2.50 bits per heavy atom. The van der Waals surface area contributed by atoms with Gasteiger partial charge in [-0.2, -0.15) is 9.31 Å². The highest BCUT2D eigenvalue weighted by atomic mass is 32.2. The molecule has 2 aliphatic rings. The van der Waals surface area contributed by atoms with E-state index >= 15 is 0 Å². The number of nitrogens with zero attached hydrogens (tertiary/aromatic N) is 3. The van der Waals surface area contributed by atoms with Gasteiger partial charge < -0.3 is 15.0 Å². The number of rotatable bonds is 8. The maximum Gasteiger partial charge on any atom is 0.344 e. The summed E-state index contributed by atoms with van der Waals surface area (Å²) in [6.07, 6.45) is 0.364. The van der Waals surface area contributed by atoms with Crippen molar-refractivity contribution in [1.29, 1.82) is 0 Å². The second kappa shape index (κ2) is 9.52.